The molecule has 0 amide bonds. The van der Waals surface area contributed by atoms with Crippen molar-refractivity contribution in [3.05, 3.63) is 64.2 Å². The maximum atomic E-state index is 10.9. The summed E-state index contributed by atoms with van der Waals surface area (Å²) in [5.74, 6) is 0.802. The van der Waals surface area contributed by atoms with Gasteiger partial charge in [-0.15, -0.1) is 0 Å². The number of ether oxygens (including phenoxy) is 3. The van der Waals surface area contributed by atoms with Gasteiger partial charge >= 0.3 is 0 Å². The zero-order valence-electron chi connectivity index (χ0n) is 18.8. The smallest absolute Gasteiger partial charge is 0.119 e. The molecule has 3 rings (SSSR count). The third kappa shape index (κ3) is 5.77. The van der Waals surface area contributed by atoms with Crippen molar-refractivity contribution in [2.45, 2.75) is 57.2 Å². The summed E-state index contributed by atoms with van der Waals surface area (Å²) in [7, 11) is 0. The summed E-state index contributed by atoms with van der Waals surface area (Å²) in [4.78, 5) is 0. The fourth-order valence-electron chi connectivity index (χ4n) is 3.76. The molecule has 0 saturated carbocycles. The lowest BCUT2D eigenvalue weighted by atomic mass is 9.90. The average Bonchev–Trinajstić information content (AvgIpc) is 2.77. The van der Waals surface area contributed by atoms with E-state index in [4.69, 9.17) is 27.2 Å². The lowest BCUT2D eigenvalue weighted by Crippen LogP contribution is -2.56. The summed E-state index contributed by atoms with van der Waals surface area (Å²) in [5.41, 5.74) is 2.57. The molecule has 1 fully saturated rings. The number of hydrogen-bond donors (Lipinski definition) is 3. The molecule has 1 aliphatic rings. The van der Waals surface area contributed by atoms with Crippen LogP contribution in [0.3, 0.4) is 0 Å². The van der Waals surface area contributed by atoms with Gasteiger partial charge in [-0.1, -0.05) is 42.8 Å². The first-order valence-corrected chi connectivity index (χ1v) is 10.9. The van der Waals surface area contributed by atoms with Gasteiger partial charge in [0.05, 0.1) is 13.2 Å². The zero-order valence-corrected chi connectivity index (χ0v) is 18.5. The Balaban J connectivity index is 1.82. The number of rotatable bonds is 9. The van der Waals surface area contributed by atoms with Crippen molar-refractivity contribution in [1.29, 1.82) is 0 Å². The van der Waals surface area contributed by atoms with Crippen LogP contribution < -0.4 is 4.74 Å². The average molecular weight is 452 g/mol. The third-order valence-corrected chi connectivity index (χ3v) is 5.72. The normalized spacial score (nSPS) is 27.5. The first kappa shape index (κ1) is 22.5. The van der Waals surface area contributed by atoms with Crippen molar-refractivity contribution in [3.8, 4) is 5.75 Å². The van der Waals surface area contributed by atoms with E-state index in [1.807, 2.05) is 37.3 Å². The van der Waals surface area contributed by atoms with Gasteiger partial charge in [-0.3, -0.25) is 0 Å². The Bertz CT molecular complexity index is 862. The van der Waals surface area contributed by atoms with Crippen LogP contribution in [0.2, 0.25) is 5.02 Å². The number of aliphatic hydroxyl groups is 3. The molecule has 1 heterocycles. The molecule has 0 spiro atoms. The van der Waals surface area contributed by atoms with Crippen molar-refractivity contribution in [2.75, 3.05) is 19.8 Å². The largest absolute Gasteiger partial charge is 0.494 e. The van der Waals surface area contributed by atoms with Crippen LogP contribution in [-0.4, -0.2) is 59.6 Å². The quantitative estimate of drug-likeness (QED) is 0.542. The van der Waals surface area contributed by atoms with Gasteiger partial charge in [0.2, 0.25) is 0 Å². The Morgan fingerprint density at radius 2 is 1.84 bits per heavy atom. The van der Waals surface area contributed by atoms with Crippen molar-refractivity contribution in [1.82, 2.24) is 0 Å². The predicted molar refractivity (Wildman–Crippen MR) is 119 cm³/mol. The van der Waals surface area contributed by atoms with Gasteiger partial charge in [-0.05, 0) is 54.6 Å². The Morgan fingerprint density at radius 1 is 1.10 bits per heavy atom. The molecule has 7 heteroatoms. The molecule has 6 atom stereocenters. The van der Waals surface area contributed by atoms with Crippen molar-refractivity contribution in [3.63, 3.8) is 0 Å². The molecule has 0 bridgehead atoms. The molecule has 2 aromatic carbocycles. The Morgan fingerprint density at radius 3 is 2.48 bits per heavy atom. The van der Waals surface area contributed by atoms with E-state index in [0.29, 0.717) is 23.6 Å². The fraction of sp³-hybridized carbons (Fsp3) is 0.500. The molecule has 170 valence electrons. The van der Waals surface area contributed by atoms with Crippen LogP contribution in [0.1, 0.15) is 44.4 Å². The topological polar surface area (TPSA) is 88.4 Å². The second-order valence-corrected chi connectivity index (χ2v) is 7.98. The van der Waals surface area contributed by atoms with Gasteiger partial charge in [0, 0.05) is 13.0 Å². The van der Waals surface area contributed by atoms with E-state index in [1.165, 1.54) is 0 Å². The first-order chi connectivity index (χ1) is 15.3. The molecule has 1 saturated heterocycles. The van der Waals surface area contributed by atoms with Crippen LogP contribution in [0.4, 0.5) is 0 Å². The lowest BCUT2D eigenvalue weighted by Gasteiger charge is -2.42. The summed E-state index contributed by atoms with van der Waals surface area (Å²) >= 11 is 6.44. The van der Waals surface area contributed by atoms with Gasteiger partial charge in [0.1, 0.15) is 36.3 Å². The zero-order chi connectivity index (χ0) is 23.3. The Hall–Kier alpha value is -1.67. The number of hydrogen-bond acceptors (Lipinski definition) is 6. The molecule has 0 radical (unpaired) electrons. The van der Waals surface area contributed by atoms with E-state index in [2.05, 4.69) is 0 Å². The minimum atomic E-state index is -1.21. The monoisotopic (exact) mass is 451 g/mol. The number of aliphatic hydroxyl groups excluding tert-OH is 3. The Kier molecular flexibility index (Phi) is 8.19. The molecule has 2 aromatic rings. The van der Waals surface area contributed by atoms with Crippen LogP contribution in [0.5, 0.6) is 5.75 Å². The summed E-state index contributed by atoms with van der Waals surface area (Å²) in [6, 6.07) is 13.1. The molecule has 0 aromatic heterocycles. The molecule has 31 heavy (non-hydrogen) atoms. The highest BCUT2D eigenvalue weighted by Crippen LogP contribution is 2.35. The van der Waals surface area contributed by atoms with Gasteiger partial charge in [0.25, 0.3) is 0 Å². The predicted octanol–water partition coefficient (Wildman–Crippen LogP) is 3.28. The highest BCUT2D eigenvalue weighted by molar-refractivity contribution is 6.31. The molecule has 1 aliphatic heterocycles. The van der Waals surface area contributed by atoms with Gasteiger partial charge in [0.15, 0.2) is 0 Å². The molecule has 3 N–H and O–H groups in total. The molecule has 0 aliphatic carbocycles. The molecular formula is C24H31ClO6. The number of halogens is 1. The minimum absolute atomic E-state index is 0.0489. The maximum absolute atomic E-state index is 10.9. The Labute approximate surface area is 189 Å². The van der Waals surface area contributed by atoms with Crippen LogP contribution in [0.15, 0.2) is 42.5 Å². The minimum Gasteiger partial charge on any atom is -0.494 e. The molecular weight excluding hydrogens is 420 g/mol. The lowest BCUT2D eigenvalue weighted by molar-refractivity contribution is -0.244. The van der Waals surface area contributed by atoms with E-state index < -0.39 is 43.5 Å². The van der Waals surface area contributed by atoms with Crippen molar-refractivity contribution >= 4 is 11.6 Å². The van der Waals surface area contributed by atoms with E-state index in [1.54, 1.807) is 19.1 Å². The van der Waals surface area contributed by atoms with E-state index in [-0.39, 0.29) is 6.61 Å². The van der Waals surface area contributed by atoms with Gasteiger partial charge in [-0.2, -0.15) is 0 Å². The third-order valence-electron chi connectivity index (χ3n) is 5.35. The summed E-state index contributed by atoms with van der Waals surface area (Å²) in [6.45, 7) is 3.82. The highest BCUT2D eigenvalue weighted by atomic mass is 35.5. The van der Waals surface area contributed by atoms with Gasteiger partial charge < -0.3 is 29.5 Å². The van der Waals surface area contributed by atoms with Crippen molar-refractivity contribution < 1.29 is 30.9 Å². The summed E-state index contributed by atoms with van der Waals surface area (Å²) in [6.07, 6.45) is -5.04. The maximum Gasteiger partial charge on any atom is 0.119 e. The van der Waals surface area contributed by atoms with Gasteiger partial charge in [-0.25, -0.2) is 0 Å². The van der Waals surface area contributed by atoms with Crippen LogP contribution in [-0.2, 0) is 15.9 Å². The van der Waals surface area contributed by atoms with E-state index >= 15 is 0 Å². The van der Waals surface area contributed by atoms with Crippen molar-refractivity contribution in [2.24, 2.45) is 0 Å². The standard InChI is InChI=1S/C24H31ClO6/c1-3-11-30-24-21(27)20(14-26)31-23(22(24)28)16-7-10-19(25)17(13-16)12-15-5-8-18(9-6-15)29-4-2/h5-10,13,20-24,26-28H,3-4,11-12,14H2,1-2H3/t20-,21-,22+,23?,24+/m1/s1/i3D/t3?,20-,21-,22+,23?,24+. The SMILES string of the molecule is [2H]C(C)CO[C@H]1[C@H](O)[C@@H](CO)OC(c2ccc(Cl)c(Cc3ccc(OCC)cc3)c2)[C@@H]1O. The second-order valence-electron chi connectivity index (χ2n) is 7.57. The molecule has 6 nitrogen and oxygen atoms in total. The second kappa shape index (κ2) is 11.3. The van der Waals surface area contributed by atoms with Crippen LogP contribution in [0, 0.1) is 0 Å². The molecule has 2 unspecified atom stereocenters. The van der Waals surface area contributed by atoms with Crippen LogP contribution >= 0.6 is 11.6 Å². The van der Waals surface area contributed by atoms with E-state index in [9.17, 15) is 15.3 Å². The van der Waals surface area contributed by atoms with E-state index in [0.717, 1.165) is 16.9 Å². The highest BCUT2D eigenvalue weighted by Gasteiger charge is 2.45. The summed E-state index contributed by atoms with van der Waals surface area (Å²) < 4.78 is 24.6. The fourth-order valence-corrected chi connectivity index (χ4v) is 3.95. The first-order valence-electron chi connectivity index (χ1n) is 11.1. The van der Waals surface area contributed by atoms with Crippen LogP contribution in [0.25, 0.3) is 0 Å². The summed E-state index contributed by atoms with van der Waals surface area (Å²) in [5, 5.41) is 31.6. The number of benzene rings is 2.